The van der Waals surface area contributed by atoms with Crippen molar-refractivity contribution < 1.29 is 4.79 Å². The number of amides is 1. The molecule has 0 bridgehead atoms. The summed E-state index contributed by atoms with van der Waals surface area (Å²) in [5, 5.41) is 17.0. The molecule has 0 aliphatic heterocycles. The zero-order valence-electron chi connectivity index (χ0n) is 11.6. The van der Waals surface area contributed by atoms with E-state index in [1.54, 1.807) is 24.3 Å². The van der Waals surface area contributed by atoms with Gasteiger partial charge in [-0.05, 0) is 34.7 Å². The molecule has 2 rings (SSSR count). The molecular weight excluding hydrogens is 256 g/mol. The fourth-order valence-corrected chi connectivity index (χ4v) is 1.68. The Labute approximate surface area is 117 Å². The molecule has 0 atom stereocenters. The van der Waals surface area contributed by atoms with Crippen LogP contribution in [0.5, 0.6) is 0 Å². The van der Waals surface area contributed by atoms with Crippen LogP contribution >= 0.6 is 0 Å². The second-order valence-electron chi connectivity index (χ2n) is 4.67. The van der Waals surface area contributed by atoms with E-state index >= 15 is 0 Å². The molecule has 2 aromatic rings. The molecule has 106 valence electrons. The maximum atomic E-state index is 11.9. The number of hydrogen-bond acceptors (Lipinski definition) is 5. The van der Waals surface area contributed by atoms with Gasteiger partial charge in [0.25, 0.3) is 5.91 Å². The molecule has 7 heteroatoms. The predicted octanol–water partition coefficient (Wildman–Crippen LogP) is 0.390. The molecular formula is C13H18N6O. The van der Waals surface area contributed by atoms with Crippen molar-refractivity contribution >= 4 is 5.91 Å². The van der Waals surface area contributed by atoms with Gasteiger partial charge in [0.15, 0.2) is 0 Å². The van der Waals surface area contributed by atoms with Crippen LogP contribution < -0.4 is 10.6 Å². The molecule has 0 unspecified atom stereocenters. The Morgan fingerprint density at radius 1 is 1.25 bits per heavy atom. The van der Waals surface area contributed by atoms with Crippen molar-refractivity contribution in [3.8, 4) is 5.69 Å². The number of hydrogen-bond donors (Lipinski definition) is 2. The van der Waals surface area contributed by atoms with Crippen molar-refractivity contribution in [2.75, 3.05) is 13.1 Å². The summed E-state index contributed by atoms with van der Waals surface area (Å²) in [6, 6.07) is 7.53. The first-order valence-electron chi connectivity index (χ1n) is 6.52. The zero-order chi connectivity index (χ0) is 14.4. The summed E-state index contributed by atoms with van der Waals surface area (Å²) < 4.78 is 1.54. The molecule has 20 heavy (non-hydrogen) atoms. The summed E-state index contributed by atoms with van der Waals surface area (Å²) in [7, 11) is 0. The fraction of sp³-hybridized carbons (Fsp3) is 0.385. The lowest BCUT2D eigenvalue weighted by Crippen LogP contribution is -2.34. The van der Waals surface area contributed by atoms with Crippen molar-refractivity contribution in [2.45, 2.75) is 19.9 Å². The molecule has 0 saturated carbocycles. The minimum absolute atomic E-state index is 0.0844. The number of tetrazole rings is 1. The zero-order valence-corrected chi connectivity index (χ0v) is 11.6. The third-order valence-electron chi connectivity index (χ3n) is 2.71. The molecule has 0 radical (unpaired) electrons. The molecule has 0 aliphatic carbocycles. The van der Waals surface area contributed by atoms with Crippen LogP contribution in [-0.2, 0) is 0 Å². The van der Waals surface area contributed by atoms with Gasteiger partial charge in [-0.15, -0.1) is 5.10 Å². The van der Waals surface area contributed by atoms with Crippen molar-refractivity contribution in [3.63, 3.8) is 0 Å². The van der Waals surface area contributed by atoms with Crippen LogP contribution in [0, 0.1) is 0 Å². The van der Waals surface area contributed by atoms with Crippen molar-refractivity contribution in [2.24, 2.45) is 0 Å². The number of carbonyl (C=O) groups excluding carboxylic acids is 1. The number of nitrogens with zero attached hydrogens (tertiary/aromatic N) is 4. The third-order valence-corrected chi connectivity index (χ3v) is 2.71. The minimum atomic E-state index is -0.0844. The highest BCUT2D eigenvalue weighted by molar-refractivity contribution is 5.94. The van der Waals surface area contributed by atoms with Crippen LogP contribution in [0.25, 0.3) is 5.69 Å². The molecule has 0 fully saturated rings. The van der Waals surface area contributed by atoms with Gasteiger partial charge in [-0.25, -0.2) is 4.68 Å². The van der Waals surface area contributed by atoms with Crippen molar-refractivity contribution in [3.05, 3.63) is 36.2 Å². The average molecular weight is 274 g/mol. The summed E-state index contributed by atoms with van der Waals surface area (Å²) >= 11 is 0. The minimum Gasteiger partial charge on any atom is -0.351 e. The highest BCUT2D eigenvalue weighted by Crippen LogP contribution is 2.07. The largest absolute Gasteiger partial charge is 0.351 e. The molecule has 2 N–H and O–H groups in total. The van der Waals surface area contributed by atoms with Crippen LogP contribution in [0.15, 0.2) is 30.6 Å². The maximum Gasteiger partial charge on any atom is 0.251 e. The Morgan fingerprint density at radius 3 is 2.60 bits per heavy atom. The summed E-state index contributed by atoms with van der Waals surface area (Å²) in [6.45, 7) is 5.50. The summed E-state index contributed by atoms with van der Waals surface area (Å²) in [6.07, 6.45) is 1.51. The van der Waals surface area contributed by atoms with Crippen LogP contribution in [0.3, 0.4) is 0 Å². The highest BCUT2D eigenvalue weighted by Gasteiger charge is 2.05. The van der Waals surface area contributed by atoms with Gasteiger partial charge >= 0.3 is 0 Å². The summed E-state index contributed by atoms with van der Waals surface area (Å²) in [5.41, 5.74) is 1.43. The van der Waals surface area contributed by atoms with Crippen molar-refractivity contribution in [1.29, 1.82) is 0 Å². The van der Waals surface area contributed by atoms with Gasteiger partial charge < -0.3 is 10.6 Å². The van der Waals surface area contributed by atoms with Crippen LogP contribution in [0.2, 0.25) is 0 Å². The third kappa shape index (κ3) is 3.86. The first-order valence-corrected chi connectivity index (χ1v) is 6.52. The van der Waals surface area contributed by atoms with E-state index in [4.69, 9.17) is 0 Å². The summed E-state index contributed by atoms with van der Waals surface area (Å²) in [5.74, 6) is -0.0844. The Kier molecular flexibility index (Phi) is 4.78. The van der Waals surface area contributed by atoms with Crippen LogP contribution in [-0.4, -0.2) is 45.2 Å². The van der Waals surface area contributed by atoms with Gasteiger partial charge in [0, 0.05) is 24.7 Å². The van der Waals surface area contributed by atoms with E-state index < -0.39 is 0 Å². The molecule has 1 heterocycles. The second-order valence-corrected chi connectivity index (χ2v) is 4.67. The van der Waals surface area contributed by atoms with E-state index in [1.807, 2.05) is 0 Å². The Bertz CT molecular complexity index is 534. The second kappa shape index (κ2) is 6.76. The van der Waals surface area contributed by atoms with E-state index in [0.717, 1.165) is 12.2 Å². The molecule has 0 saturated heterocycles. The fourth-order valence-electron chi connectivity index (χ4n) is 1.68. The van der Waals surface area contributed by atoms with Crippen LogP contribution in [0.4, 0.5) is 0 Å². The van der Waals surface area contributed by atoms with Gasteiger partial charge in [-0.1, -0.05) is 13.8 Å². The Morgan fingerprint density at radius 2 is 2.00 bits per heavy atom. The SMILES string of the molecule is CC(C)NCCNC(=O)c1ccc(-n2cnnn2)cc1. The molecule has 1 aromatic heterocycles. The summed E-state index contributed by atoms with van der Waals surface area (Å²) in [4.78, 5) is 11.9. The maximum absolute atomic E-state index is 11.9. The monoisotopic (exact) mass is 274 g/mol. The molecule has 1 amide bonds. The Balaban J connectivity index is 1.88. The van der Waals surface area contributed by atoms with Gasteiger partial charge in [-0.3, -0.25) is 4.79 Å². The highest BCUT2D eigenvalue weighted by atomic mass is 16.1. The number of benzene rings is 1. The normalized spacial score (nSPS) is 10.8. The van der Waals surface area contributed by atoms with E-state index in [-0.39, 0.29) is 5.91 Å². The van der Waals surface area contributed by atoms with E-state index in [2.05, 4.69) is 40.0 Å². The number of carbonyl (C=O) groups is 1. The van der Waals surface area contributed by atoms with Gasteiger partial charge in [0.2, 0.25) is 0 Å². The number of rotatable bonds is 6. The standard InChI is InChI=1S/C13H18N6O/c1-10(2)14-7-8-15-13(20)11-3-5-12(6-4-11)19-9-16-17-18-19/h3-6,9-10,14H,7-8H2,1-2H3,(H,15,20). The Hall–Kier alpha value is -2.28. The lowest BCUT2D eigenvalue weighted by atomic mass is 10.2. The molecule has 7 nitrogen and oxygen atoms in total. The molecule has 0 aliphatic rings. The van der Waals surface area contributed by atoms with Crippen molar-refractivity contribution in [1.82, 2.24) is 30.8 Å². The lowest BCUT2D eigenvalue weighted by Gasteiger charge is -2.09. The lowest BCUT2D eigenvalue weighted by molar-refractivity contribution is 0.0953. The van der Waals surface area contributed by atoms with E-state index in [9.17, 15) is 4.79 Å². The molecule has 0 spiro atoms. The van der Waals surface area contributed by atoms with E-state index in [0.29, 0.717) is 18.2 Å². The average Bonchev–Trinajstić information content (AvgIpc) is 2.97. The smallest absolute Gasteiger partial charge is 0.251 e. The van der Waals surface area contributed by atoms with Gasteiger partial charge in [0.05, 0.1) is 5.69 Å². The van der Waals surface area contributed by atoms with Gasteiger partial charge in [0.1, 0.15) is 6.33 Å². The van der Waals surface area contributed by atoms with Gasteiger partial charge in [-0.2, -0.15) is 0 Å². The number of nitrogens with one attached hydrogen (secondary N) is 2. The predicted molar refractivity (Wildman–Crippen MR) is 74.6 cm³/mol. The topological polar surface area (TPSA) is 84.7 Å². The first kappa shape index (κ1) is 14.1. The quantitative estimate of drug-likeness (QED) is 0.744. The number of aromatic nitrogens is 4. The van der Waals surface area contributed by atoms with Crippen LogP contribution in [0.1, 0.15) is 24.2 Å². The molecule has 1 aromatic carbocycles. The van der Waals surface area contributed by atoms with E-state index in [1.165, 1.54) is 11.0 Å². The first-order chi connectivity index (χ1) is 9.66.